The van der Waals surface area contributed by atoms with Gasteiger partial charge in [-0.2, -0.15) is 8.42 Å². The maximum absolute atomic E-state index is 8.29. The van der Waals surface area contributed by atoms with Gasteiger partial charge in [-0.15, -0.1) is 0 Å². The molecule has 0 heterocycles. The van der Waals surface area contributed by atoms with E-state index in [1.165, 1.54) is 0 Å². The van der Waals surface area contributed by atoms with Crippen molar-refractivity contribution in [3.8, 4) is 0 Å². The first-order chi connectivity index (χ1) is 1.41. The number of hydrogen-bond acceptors (Lipinski definition) is 2. The van der Waals surface area contributed by atoms with Gasteiger partial charge in [0.1, 0.15) is 0 Å². The van der Waals surface area contributed by atoms with Gasteiger partial charge in [0.05, 0.1) is 0 Å². The van der Waals surface area contributed by atoms with E-state index < -0.39 is 11.6 Å². The molecule has 4 heteroatoms. The molecule has 0 aromatic carbocycles. The second kappa shape index (κ2) is 8.95. The van der Waals surface area contributed by atoms with Crippen LogP contribution in [0.4, 0.5) is 0 Å². The fraction of sp³-hybridized carbons (Fsp3) is 0. The number of hydrogen-bond donors (Lipinski definition) is 0. The summed E-state index contributed by atoms with van der Waals surface area (Å²) in [6.07, 6.45) is 0. The Morgan fingerprint density at radius 1 is 1.25 bits per heavy atom. The second-order valence-corrected chi connectivity index (χ2v) is 0.204. The van der Waals surface area contributed by atoms with Crippen LogP contribution in [0.5, 0.6) is 0 Å². The molecule has 0 spiro atoms. The van der Waals surface area contributed by atoms with Gasteiger partial charge in [-0.1, -0.05) is 0 Å². The minimum absolute atomic E-state index is 0. The third kappa shape index (κ3) is 11.4. The van der Waals surface area contributed by atoms with Crippen molar-refractivity contribution in [2.75, 3.05) is 0 Å². The van der Waals surface area contributed by atoms with E-state index in [4.69, 9.17) is 8.42 Å². The fourth-order valence-electron chi connectivity index (χ4n) is 0. The first-order valence-corrected chi connectivity index (χ1v) is 1.00. The quantitative estimate of drug-likeness (QED) is 0.349. The van der Waals surface area contributed by atoms with Gasteiger partial charge >= 0.3 is 49.3 Å². The molecule has 0 amide bonds. The molecule has 0 N–H and O–H groups in total. The second-order valence-electron chi connectivity index (χ2n) is 0.0680. The van der Waals surface area contributed by atoms with Crippen LogP contribution < -0.4 is 0 Å². The van der Waals surface area contributed by atoms with E-state index in [1.807, 2.05) is 0 Å². The average molecular weight is 106 g/mol. The summed E-state index contributed by atoms with van der Waals surface area (Å²) >= 11 is -0.750. The van der Waals surface area contributed by atoms with E-state index in [0.717, 1.165) is 0 Å². The van der Waals surface area contributed by atoms with E-state index in [2.05, 4.69) is 0 Å². The molecule has 2 nitrogen and oxygen atoms in total. The third-order valence-corrected chi connectivity index (χ3v) is 0. The zero-order valence-electron chi connectivity index (χ0n) is 1.22. The van der Waals surface area contributed by atoms with Gasteiger partial charge in [-0.25, -0.2) is 0 Å². The van der Waals surface area contributed by atoms with Crippen LogP contribution in [0.2, 0.25) is 0 Å². The molecule has 0 aliphatic heterocycles. The molecule has 0 saturated heterocycles. The molecule has 0 bridgehead atoms. The Morgan fingerprint density at radius 3 is 1.25 bits per heavy atom. The van der Waals surface area contributed by atoms with Crippen molar-refractivity contribution in [2.24, 2.45) is 0 Å². The van der Waals surface area contributed by atoms with E-state index >= 15 is 0 Å². The van der Waals surface area contributed by atoms with E-state index in [0.29, 0.717) is 0 Å². The Hall–Kier alpha value is 1.08. The Morgan fingerprint density at radius 2 is 1.25 bits per heavy atom. The monoisotopic (exact) mass is 106 g/mol. The first-order valence-electron chi connectivity index (χ1n) is 0.333. The van der Waals surface area contributed by atoms with Crippen molar-refractivity contribution < 1.29 is 8.42 Å². The number of rotatable bonds is 0. The van der Waals surface area contributed by atoms with Gasteiger partial charge in [0.25, 0.3) is 0 Å². The van der Waals surface area contributed by atoms with E-state index in [-0.39, 0.29) is 37.7 Å². The molecule has 0 rings (SSSR count). The predicted molar refractivity (Wildman–Crippen MR) is 17.5 cm³/mol. The molecular weight excluding hydrogens is 104 g/mol. The van der Waals surface area contributed by atoms with Crippen LogP contribution in [0, 0.1) is 0 Å². The van der Waals surface area contributed by atoms with Gasteiger partial charge in [0, 0.05) is 0 Å². The molecule has 0 aliphatic rings. The van der Waals surface area contributed by atoms with Crippen LogP contribution in [0.1, 0.15) is 0 Å². The molecule has 0 aliphatic carbocycles. The van der Waals surface area contributed by atoms with Crippen molar-refractivity contribution in [1.29, 1.82) is 0 Å². The SMILES string of the molecule is O=S=O.[CaH2]. The molecule has 0 aromatic rings. The molecule has 4 heavy (non-hydrogen) atoms. The van der Waals surface area contributed by atoms with Gasteiger partial charge in [0.15, 0.2) is 0 Å². The van der Waals surface area contributed by atoms with Crippen molar-refractivity contribution in [3.63, 3.8) is 0 Å². The minimum atomic E-state index is -0.750. The van der Waals surface area contributed by atoms with Gasteiger partial charge in [-0.3, -0.25) is 0 Å². The topological polar surface area (TPSA) is 34.1 Å². The predicted octanol–water partition coefficient (Wildman–Crippen LogP) is -1.59. The average Bonchev–Trinajstić information content (AvgIpc) is 0.918. The molecular formula is H2CaO2S. The zero-order chi connectivity index (χ0) is 2.71. The molecule has 0 radical (unpaired) electrons. The Balaban J connectivity index is 0. The van der Waals surface area contributed by atoms with Crippen molar-refractivity contribution >= 4 is 49.3 Å². The van der Waals surface area contributed by atoms with Crippen LogP contribution in [0.3, 0.4) is 0 Å². The maximum atomic E-state index is 8.29. The van der Waals surface area contributed by atoms with Crippen LogP contribution in [0.25, 0.3) is 0 Å². The molecule has 0 unspecified atom stereocenters. The molecule has 0 aromatic heterocycles. The summed E-state index contributed by atoms with van der Waals surface area (Å²) in [5.41, 5.74) is 0. The van der Waals surface area contributed by atoms with Crippen molar-refractivity contribution in [1.82, 2.24) is 0 Å². The summed E-state index contributed by atoms with van der Waals surface area (Å²) in [5.74, 6) is 0. The summed E-state index contributed by atoms with van der Waals surface area (Å²) in [6.45, 7) is 0. The fourth-order valence-corrected chi connectivity index (χ4v) is 0. The van der Waals surface area contributed by atoms with Crippen LogP contribution in [0.15, 0.2) is 0 Å². The molecule has 0 saturated carbocycles. The van der Waals surface area contributed by atoms with Gasteiger partial charge in [0.2, 0.25) is 0 Å². The molecule has 0 atom stereocenters. The molecule has 0 fully saturated rings. The Labute approximate surface area is 57.2 Å². The summed E-state index contributed by atoms with van der Waals surface area (Å²) < 4.78 is 16.6. The van der Waals surface area contributed by atoms with E-state index in [9.17, 15) is 0 Å². The van der Waals surface area contributed by atoms with Gasteiger partial charge in [-0.05, 0) is 0 Å². The van der Waals surface area contributed by atoms with Crippen molar-refractivity contribution in [3.05, 3.63) is 0 Å². The van der Waals surface area contributed by atoms with Crippen LogP contribution in [-0.4, -0.2) is 46.2 Å². The Bertz CT molecular complexity index is 27.0. The molecule has 22 valence electrons. The summed E-state index contributed by atoms with van der Waals surface area (Å²) in [4.78, 5) is 0. The normalized spacial score (nSPS) is 3.00. The van der Waals surface area contributed by atoms with E-state index in [1.54, 1.807) is 0 Å². The van der Waals surface area contributed by atoms with Crippen molar-refractivity contribution in [2.45, 2.75) is 0 Å². The van der Waals surface area contributed by atoms with Gasteiger partial charge < -0.3 is 0 Å². The summed E-state index contributed by atoms with van der Waals surface area (Å²) in [5, 5.41) is 0. The summed E-state index contributed by atoms with van der Waals surface area (Å²) in [7, 11) is 0. The zero-order valence-corrected chi connectivity index (χ0v) is 2.04. The standard InChI is InChI=1S/Ca.O2S.2H/c;1-3-2;;. The third-order valence-electron chi connectivity index (χ3n) is 0. The first kappa shape index (κ1) is 8.91. The van der Waals surface area contributed by atoms with Crippen LogP contribution in [-0.2, 0) is 11.6 Å². The van der Waals surface area contributed by atoms with Crippen LogP contribution >= 0.6 is 0 Å². The summed E-state index contributed by atoms with van der Waals surface area (Å²) in [6, 6.07) is 0. The Kier molecular flexibility index (Phi) is 19.9.